The van der Waals surface area contributed by atoms with Gasteiger partial charge in [0.2, 0.25) is 5.91 Å². The first-order valence-corrected chi connectivity index (χ1v) is 16.5. The fraction of sp³-hybridized carbons (Fsp3) is 0.970. The molecule has 0 aromatic carbocycles. The van der Waals surface area contributed by atoms with E-state index in [1.54, 1.807) is 0 Å². The first-order chi connectivity index (χ1) is 17.6. The van der Waals surface area contributed by atoms with Crippen LogP contribution in [0.5, 0.6) is 0 Å². The Kier molecular flexibility index (Phi) is 31.8. The molecule has 0 aromatic heterocycles. The molecule has 0 fully saturated rings. The average Bonchev–Trinajstić information content (AvgIpc) is 2.86. The Morgan fingerprint density at radius 1 is 0.541 bits per heavy atom. The third-order valence-electron chi connectivity index (χ3n) is 7.91. The van der Waals surface area contributed by atoms with Crippen LogP contribution in [0.15, 0.2) is 0 Å². The molecular formula is C33H69ClN2O. The van der Waals surface area contributed by atoms with Crippen LogP contribution < -0.4 is 5.32 Å². The van der Waals surface area contributed by atoms with Gasteiger partial charge in [-0.1, -0.05) is 156 Å². The van der Waals surface area contributed by atoms with Gasteiger partial charge in [0.25, 0.3) is 0 Å². The summed E-state index contributed by atoms with van der Waals surface area (Å²) in [6.45, 7) is 6.81. The molecule has 1 amide bonds. The molecule has 1 N–H and O–H groups in total. The topological polar surface area (TPSA) is 32.3 Å². The van der Waals surface area contributed by atoms with Crippen LogP contribution in [0.3, 0.4) is 0 Å². The summed E-state index contributed by atoms with van der Waals surface area (Å²) in [5.41, 5.74) is 0. The number of halogens is 1. The molecule has 0 aliphatic carbocycles. The van der Waals surface area contributed by atoms with Crippen molar-refractivity contribution in [3.05, 3.63) is 0 Å². The van der Waals surface area contributed by atoms with Crippen molar-refractivity contribution < 1.29 is 4.79 Å². The van der Waals surface area contributed by atoms with Crippen molar-refractivity contribution in [2.45, 2.75) is 187 Å². The molecule has 3 nitrogen and oxygen atoms in total. The maximum absolute atomic E-state index is 12.6. The molecule has 2 unspecified atom stereocenters. The van der Waals surface area contributed by atoms with E-state index in [4.69, 9.17) is 0 Å². The molecule has 2 atom stereocenters. The lowest BCUT2D eigenvalue weighted by molar-refractivity contribution is -0.123. The first-order valence-electron chi connectivity index (χ1n) is 16.5. The first kappa shape index (κ1) is 38.9. The van der Waals surface area contributed by atoms with Gasteiger partial charge in [0, 0.05) is 6.42 Å². The number of carbonyl (C=O) groups excluding carboxylic acids is 1. The number of nitrogens with one attached hydrogen (secondary N) is 1. The standard InChI is InChI=1S/C33H68N2O.ClH/c1-6-9-11-12-13-14-15-16-17-18-19-20-21-22-23-24-25-26-27-30-32(36)34-33(35(4)5)31(28-8-3)29-10-7-2;/h31,33H,6-30H2,1-5H3,(H,34,36);1H. The van der Waals surface area contributed by atoms with Crippen molar-refractivity contribution in [1.82, 2.24) is 10.2 Å². The molecule has 0 radical (unpaired) electrons. The van der Waals surface area contributed by atoms with Gasteiger partial charge < -0.3 is 5.32 Å². The van der Waals surface area contributed by atoms with E-state index in [-0.39, 0.29) is 24.5 Å². The van der Waals surface area contributed by atoms with Crippen LogP contribution in [0.1, 0.15) is 181 Å². The van der Waals surface area contributed by atoms with Crippen LogP contribution in [0.4, 0.5) is 0 Å². The highest BCUT2D eigenvalue weighted by Gasteiger charge is 2.23. The molecular weight excluding hydrogens is 476 g/mol. The van der Waals surface area contributed by atoms with E-state index in [2.05, 4.69) is 45.1 Å². The normalized spacial score (nSPS) is 12.9. The molecule has 0 aliphatic heterocycles. The highest BCUT2D eigenvalue weighted by Crippen LogP contribution is 2.21. The highest BCUT2D eigenvalue weighted by atomic mass is 35.5. The average molecular weight is 545 g/mol. The van der Waals surface area contributed by atoms with Crippen LogP contribution in [0, 0.1) is 5.92 Å². The molecule has 0 heterocycles. The number of rotatable bonds is 28. The maximum Gasteiger partial charge on any atom is 0.221 e. The molecule has 0 aromatic rings. The summed E-state index contributed by atoms with van der Waals surface area (Å²) >= 11 is 0. The van der Waals surface area contributed by atoms with Gasteiger partial charge in [0.1, 0.15) is 0 Å². The number of hydrogen-bond acceptors (Lipinski definition) is 2. The molecule has 224 valence electrons. The van der Waals surface area contributed by atoms with E-state index in [0.717, 1.165) is 6.42 Å². The van der Waals surface area contributed by atoms with Crippen molar-refractivity contribution in [3.8, 4) is 0 Å². The molecule has 0 saturated carbocycles. The zero-order chi connectivity index (χ0) is 26.7. The SMILES string of the molecule is CCCCCCCCCCCCCCCCCCCCCC(=O)NC(C(CCC)CCCC)N(C)C.Cl. The molecule has 0 spiro atoms. The van der Waals surface area contributed by atoms with E-state index >= 15 is 0 Å². The van der Waals surface area contributed by atoms with E-state index < -0.39 is 0 Å². The Morgan fingerprint density at radius 2 is 0.919 bits per heavy atom. The lowest BCUT2D eigenvalue weighted by Crippen LogP contribution is -2.49. The molecule has 37 heavy (non-hydrogen) atoms. The van der Waals surface area contributed by atoms with Crippen molar-refractivity contribution in [2.24, 2.45) is 5.92 Å². The minimum atomic E-state index is 0. The monoisotopic (exact) mass is 545 g/mol. The number of nitrogens with zero attached hydrogens (tertiary/aromatic N) is 1. The summed E-state index contributed by atoms with van der Waals surface area (Å²) < 4.78 is 0. The summed E-state index contributed by atoms with van der Waals surface area (Å²) in [5.74, 6) is 0.817. The Bertz CT molecular complexity index is 458. The maximum atomic E-state index is 12.6. The van der Waals surface area contributed by atoms with E-state index in [0.29, 0.717) is 12.3 Å². The summed E-state index contributed by atoms with van der Waals surface area (Å²) in [6.07, 6.45) is 33.3. The van der Waals surface area contributed by atoms with Crippen molar-refractivity contribution in [2.75, 3.05) is 14.1 Å². The van der Waals surface area contributed by atoms with Gasteiger partial charge >= 0.3 is 0 Å². The quantitative estimate of drug-likeness (QED) is 0.0784. The van der Waals surface area contributed by atoms with Crippen LogP contribution in [-0.4, -0.2) is 31.1 Å². The number of carbonyl (C=O) groups is 1. The third kappa shape index (κ3) is 25.7. The second-order valence-corrected chi connectivity index (χ2v) is 11.8. The third-order valence-corrected chi connectivity index (χ3v) is 7.91. The smallest absolute Gasteiger partial charge is 0.221 e. The van der Waals surface area contributed by atoms with Gasteiger partial charge in [-0.15, -0.1) is 12.4 Å². The van der Waals surface area contributed by atoms with Gasteiger partial charge in [-0.3, -0.25) is 9.69 Å². The van der Waals surface area contributed by atoms with E-state index in [1.807, 2.05) is 0 Å². The van der Waals surface area contributed by atoms with Crippen LogP contribution >= 0.6 is 12.4 Å². The van der Waals surface area contributed by atoms with Gasteiger partial charge in [0.05, 0.1) is 6.17 Å². The summed E-state index contributed by atoms with van der Waals surface area (Å²) in [6, 6.07) is 0. The number of hydrogen-bond donors (Lipinski definition) is 1. The largest absolute Gasteiger partial charge is 0.340 e. The van der Waals surface area contributed by atoms with Gasteiger partial charge in [0.15, 0.2) is 0 Å². The van der Waals surface area contributed by atoms with Gasteiger partial charge in [-0.2, -0.15) is 0 Å². The Labute approximate surface area is 240 Å². The minimum Gasteiger partial charge on any atom is -0.340 e. The van der Waals surface area contributed by atoms with Crippen molar-refractivity contribution >= 4 is 18.3 Å². The lowest BCUT2D eigenvalue weighted by Gasteiger charge is -2.33. The zero-order valence-electron chi connectivity index (χ0n) is 26.1. The van der Waals surface area contributed by atoms with E-state index in [9.17, 15) is 4.79 Å². The van der Waals surface area contributed by atoms with Crippen LogP contribution in [0.2, 0.25) is 0 Å². The predicted octanol–water partition coefficient (Wildman–Crippen LogP) is 10.8. The lowest BCUT2D eigenvalue weighted by atomic mass is 9.93. The Hall–Kier alpha value is -0.280. The fourth-order valence-electron chi connectivity index (χ4n) is 5.57. The second-order valence-electron chi connectivity index (χ2n) is 11.8. The number of amides is 1. The van der Waals surface area contributed by atoms with Crippen LogP contribution in [-0.2, 0) is 4.79 Å². The Balaban J connectivity index is 0. The fourth-order valence-corrected chi connectivity index (χ4v) is 5.57. The molecule has 0 rings (SSSR count). The summed E-state index contributed by atoms with van der Waals surface area (Å²) in [4.78, 5) is 14.8. The van der Waals surface area contributed by atoms with Crippen LogP contribution in [0.25, 0.3) is 0 Å². The van der Waals surface area contributed by atoms with E-state index in [1.165, 1.54) is 148 Å². The van der Waals surface area contributed by atoms with Gasteiger partial charge in [-0.05, 0) is 39.3 Å². The minimum absolute atomic E-state index is 0. The molecule has 4 heteroatoms. The molecule has 0 aliphatic rings. The molecule has 0 saturated heterocycles. The zero-order valence-corrected chi connectivity index (χ0v) is 26.9. The number of unbranched alkanes of at least 4 members (excludes halogenated alkanes) is 19. The predicted molar refractivity (Wildman–Crippen MR) is 169 cm³/mol. The van der Waals surface area contributed by atoms with Crippen molar-refractivity contribution in [1.29, 1.82) is 0 Å². The summed E-state index contributed by atoms with van der Waals surface area (Å²) in [7, 11) is 4.22. The summed E-state index contributed by atoms with van der Waals surface area (Å²) in [5, 5.41) is 3.36. The van der Waals surface area contributed by atoms with Gasteiger partial charge in [-0.25, -0.2) is 0 Å². The second kappa shape index (κ2) is 30.3. The molecule has 0 bridgehead atoms. The highest BCUT2D eigenvalue weighted by molar-refractivity contribution is 5.85. The van der Waals surface area contributed by atoms with Crippen molar-refractivity contribution in [3.63, 3.8) is 0 Å². The Morgan fingerprint density at radius 3 is 1.27 bits per heavy atom.